The van der Waals surface area contributed by atoms with Gasteiger partial charge in [0.15, 0.2) is 11.5 Å². The molecule has 2 N–H and O–H groups in total. The van der Waals surface area contributed by atoms with Gasteiger partial charge < -0.3 is 19.5 Å². The van der Waals surface area contributed by atoms with Crippen molar-refractivity contribution in [2.75, 3.05) is 48.6 Å². The largest absolute Gasteiger partial charge is 0.504 e. The lowest BCUT2D eigenvalue weighted by Crippen LogP contribution is -2.53. The lowest BCUT2D eigenvalue weighted by Gasteiger charge is -2.50. The summed E-state index contributed by atoms with van der Waals surface area (Å²) >= 11 is 0. The van der Waals surface area contributed by atoms with Gasteiger partial charge in [-0.05, 0) is 73.7 Å². The number of rotatable bonds is 7. The summed E-state index contributed by atoms with van der Waals surface area (Å²) in [5, 5.41) is 13.0. The number of carbonyl (C=O) groups excluding carboxylic acids is 4. The van der Waals surface area contributed by atoms with Crippen LogP contribution in [0.1, 0.15) is 35.4 Å². The quantitative estimate of drug-likeness (QED) is 0.180. The minimum atomic E-state index is -1.50. The molecule has 0 radical (unpaired) electrons. The molecule has 55 heavy (non-hydrogen) atoms. The average Bonchev–Trinajstić information content (AvgIpc) is 3.60. The summed E-state index contributed by atoms with van der Waals surface area (Å²) in [5.41, 5.74) is 6.49. The van der Waals surface area contributed by atoms with Gasteiger partial charge in [0, 0.05) is 30.3 Å². The number of imide groups is 2. The van der Waals surface area contributed by atoms with Crippen LogP contribution >= 0.6 is 0 Å². The zero-order valence-electron chi connectivity index (χ0n) is 30.7. The van der Waals surface area contributed by atoms with Crippen LogP contribution in [0.3, 0.4) is 0 Å². The van der Waals surface area contributed by atoms with Crippen LogP contribution in [0.4, 0.5) is 17.1 Å². The summed E-state index contributed by atoms with van der Waals surface area (Å²) in [7, 11) is 1.46. The summed E-state index contributed by atoms with van der Waals surface area (Å²) in [5.74, 6) is -5.21. The van der Waals surface area contributed by atoms with E-state index in [0.29, 0.717) is 35.7 Å². The lowest BCUT2D eigenvalue weighted by atomic mass is 9.49. The van der Waals surface area contributed by atoms with E-state index in [2.05, 4.69) is 10.3 Å². The number of phenolic OH excluding ortho intramolecular Hbond substituents is 1. The fourth-order valence-corrected chi connectivity index (χ4v) is 9.92. The molecule has 280 valence electrons. The monoisotopic (exact) mass is 738 g/mol. The van der Waals surface area contributed by atoms with Crippen LogP contribution < -0.4 is 20.0 Å². The van der Waals surface area contributed by atoms with E-state index in [0.717, 1.165) is 34.9 Å². The molecule has 6 atom stereocenters. The fourth-order valence-electron chi connectivity index (χ4n) is 9.92. The normalized spacial score (nSPS) is 27.4. The van der Waals surface area contributed by atoms with Gasteiger partial charge in [0.1, 0.15) is 0 Å². The number of fused-ring (bicyclic) bond motifs is 4. The first-order chi connectivity index (χ1) is 26.7. The first-order valence-corrected chi connectivity index (χ1v) is 18.9. The topological polar surface area (TPSA) is 129 Å². The van der Waals surface area contributed by atoms with E-state index >= 15 is 4.79 Å². The summed E-state index contributed by atoms with van der Waals surface area (Å²) < 4.78 is 11.1. The molecule has 4 aromatic rings. The van der Waals surface area contributed by atoms with Crippen LogP contribution in [0.15, 0.2) is 109 Å². The second-order valence-electron chi connectivity index (χ2n) is 15.1. The molecule has 0 bridgehead atoms. The highest BCUT2D eigenvalue weighted by molar-refractivity contribution is 6.22. The van der Waals surface area contributed by atoms with Crippen molar-refractivity contribution in [1.29, 1.82) is 0 Å². The van der Waals surface area contributed by atoms with Crippen molar-refractivity contribution >= 4 is 40.7 Å². The molecule has 0 unspecified atom stereocenters. The van der Waals surface area contributed by atoms with E-state index in [-0.39, 0.29) is 36.2 Å². The summed E-state index contributed by atoms with van der Waals surface area (Å²) in [4.78, 5) is 62.8. The van der Waals surface area contributed by atoms with E-state index in [1.807, 2.05) is 91.9 Å². The molecular weight excluding hydrogens is 697 g/mol. The fraction of sp³-hybridized carbons (Fsp3) is 0.318. The van der Waals surface area contributed by atoms with E-state index in [1.54, 1.807) is 18.2 Å². The highest BCUT2D eigenvalue weighted by atomic mass is 16.5. The summed E-state index contributed by atoms with van der Waals surface area (Å²) in [6, 6.07) is 29.4. The number of benzene rings is 4. The molecule has 4 amide bonds. The van der Waals surface area contributed by atoms with E-state index in [4.69, 9.17) is 9.47 Å². The van der Waals surface area contributed by atoms with Crippen LogP contribution in [0.2, 0.25) is 0 Å². The number of para-hydroxylation sites is 1. The van der Waals surface area contributed by atoms with Gasteiger partial charge in [0.2, 0.25) is 11.8 Å². The molecule has 3 saturated heterocycles. The maximum absolute atomic E-state index is 15.4. The number of ether oxygens (including phenoxy) is 2. The van der Waals surface area contributed by atoms with Crippen molar-refractivity contribution in [1.82, 2.24) is 5.01 Å². The highest BCUT2D eigenvalue weighted by Crippen LogP contribution is 2.65. The number of hydrogen-bond donors (Lipinski definition) is 2. The summed E-state index contributed by atoms with van der Waals surface area (Å²) in [6.45, 7) is 4.76. The maximum Gasteiger partial charge on any atom is 0.260 e. The number of anilines is 3. The van der Waals surface area contributed by atoms with Gasteiger partial charge in [0.05, 0.1) is 54.9 Å². The molecule has 4 aromatic carbocycles. The number of nitrogens with zero attached hydrogens (tertiary/aromatic N) is 3. The minimum absolute atomic E-state index is 0.145. The zero-order chi connectivity index (χ0) is 38.0. The lowest BCUT2D eigenvalue weighted by molar-refractivity contribution is -0.138. The minimum Gasteiger partial charge on any atom is -0.504 e. The van der Waals surface area contributed by atoms with Crippen molar-refractivity contribution in [3.63, 3.8) is 0 Å². The molecule has 3 aliphatic heterocycles. The van der Waals surface area contributed by atoms with Crippen molar-refractivity contribution < 1.29 is 33.8 Å². The predicted molar refractivity (Wildman–Crippen MR) is 205 cm³/mol. The Morgan fingerprint density at radius 1 is 0.800 bits per heavy atom. The number of aromatic hydroxyl groups is 1. The number of phenols is 1. The van der Waals surface area contributed by atoms with Gasteiger partial charge in [-0.2, -0.15) is 5.01 Å². The number of hydrogen-bond acceptors (Lipinski definition) is 9. The van der Waals surface area contributed by atoms with Gasteiger partial charge in [-0.3, -0.25) is 29.5 Å². The Morgan fingerprint density at radius 2 is 1.51 bits per heavy atom. The molecule has 0 spiro atoms. The SMILES string of the molecule is COc1cccc([C@H]2C3=CC[C@@H]4C(=O)N(c5ccc(N6CCOCC6)cc5)C(=O)[C@@H]4[C@@H]3C[C@H]3C(=O)N(Nc4ccc(C)cc4)C(=O)[C@@]23c2ccccc2)c1O. The van der Waals surface area contributed by atoms with Crippen molar-refractivity contribution in [2.24, 2.45) is 23.7 Å². The Bertz CT molecular complexity index is 2220. The number of amides is 4. The average molecular weight is 739 g/mol. The Morgan fingerprint density at radius 3 is 2.22 bits per heavy atom. The molecule has 2 aliphatic carbocycles. The van der Waals surface area contributed by atoms with Crippen molar-refractivity contribution in [3.8, 4) is 11.5 Å². The molecule has 5 aliphatic rings. The third-order valence-electron chi connectivity index (χ3n) is 12.4. The van der Waals surface area contributed by atoms with Crippen molar-refractivity contribution in [3.05, 3.63) is 125 Å². The number of carbonyl (C=O) groups is 4. The third kappa shape index (κ3) is 5.27. The second-order valence-corrected chi connectivity index (χ2v) is 15.1. The summed E-state index contributed by atoms with van der Waals surface area (Å²) in [6.07, 6.45) is 2.41. The van der Waals surface area contributed by atoms with E-state index in [9.17, 15) is 19.5 Å². The number of allylic oxidation sites excluding steroid dienone is 2. The Kier molecular flexibility index (Phi) is 8.49. The molecule has 4 fully saturated rings. The molecule has 11 nitrogen and oxygen atoms in total. The molecule has 1 saturated carbocycles. The smallest absolute Gasteiger partial charge is 0.260 e. The van der Waals surface area contributed by atoms with Crippen LogP contribution in [0.5, 0.6) is 11.5 Å². The number of morpholine rings is 1. The first kappa shape index (κ1) is 34.8. The first-order valence-electron chi connectivity index (χ1n) is 18.9. The number of nitrogens with one attached hydrogen (secondary N) is 1. The number of aryl methyl sites for hydroxylation is 1. The van der Waals surface area contributed by atoms with Gasteiger partial charge in [-0.15, -0.1) is 0 Å². The van der Waals surface area contributed by atoms with Crippen LogP contribution in [0.25, 0.3) is 0 Å². The van der Waals surface area contributed by atoms with Crippen LogP contribution in [0, 0.1) is 30.6 Å². The van der Waals surface area contributed by atoms with Crippen molar-refractivity contribution in [2.45, 2.75) is 31.1 Å². The Hall–Kier alpha value is -5.94. The Balaban J connectivity index is 1.17. The Labute approximate surface area is 319 Å². The molecule has 3 heterocycles. The second kappa shape index (κ2) is 13.4. The molecule has 9 rings (SSSR count). The van der Waals surface area contributed by atoms with Crippen LogP contribution in [-0.2, 0) is 29.3 Å². The molecule has 11 heteroatoms. The molecular formula is C44H42N4O7. The van der Waals surface area contributed by atoms with Gasteiger partial charge >= 0.3 is 0 Å². The maximum atomic E-state index is 15.4. The van der Waals surface area contributed by atoms with E-state index < -0.39 is 46.8 Å². The number of methoxy groups -OCH3 is 1. The van der Waals surface area contributed by atoms with Gasteiger partial charge in [0.25, 0.3) is 11.8 Å². The third-order valence-corrected chi connectivity index (χ3v) is 12.4. The highest BCUT2D eigenvalue weighted by Gasteiger charge is 2.70. The number of hydrazine groups is 1. The van der Waals surface area contributed by atoms with Crippen LogP contribution in [-0.4, -0.2) is 67.2 Å². The standard InChI is InChI=1S/C44H42N4O7/c1-26-11-13-28(14-12-26)45-48-41(51)35-25-34-31(38(33-9-6-10-36(54-2)39(33)49)44(35,43(48)53)27-7-4-3-5-8-27)19-20-32-37(34)42(52)47(40(32)50)30-17-15-29(16-18-30)46-21-23-55-24-22-46/h3-19,32,34-35,37-38,45,49H,20-25H2,1-2H3/t32-,34+,35-,37-,38+,44+/m0/s1. The van der Waals surface area contributed by atoms with Gasteiger partial charge in [-0.25, -0.2) is 0 Å². The zero-order valence-corrected chi connectivity index (χ0v) is 30.7. The molecule has 0 aromatic heterocycles. The van der Waals surface area contributed by atoms with E-state index in [1.165, 1.54) is 12.0 Å². The van der Waals surface area contributed by atoms with Gasteiger partial charge in [-0.1, -0.05) is 71.8 Å². The predicted octanol–water partition coefficient (Wildman–Crippen LogP) is 5.74.